The summed E-state index contributed by atoms with van der Waals surface area (Å²) < 4.78 is 9.73. The van der Waals surface area contributed by atoms with Crippen molar-refractivity contribution in [2.75, 3.05) is 6.61 Å². The van der Waals surface area contributed by atoms with Crippen LogP contribution in [0.25, 0.3) is 0 Å². The monoisotopic (exact) mass is 309 g/mol. The van der Waals surface area contributed by atoms with Crippen molar-refractivity contribution >= 4 is 18.0 Å². The van der Waals surface area contributed by atoms with Crippen molar-refractivity contribution in [3.8, 4) is 0 Å². The second kappa shape index (κ2) is 9.38. The first-order valence-electron chi connectivity index (χ1n) is 6.86. The van der Waals surface area contributed by atoms with E-state index in [9.17, 15) is 14.4 Å². The van der Waals surface area contributed by atoms with Gasteiger partial charge in [-0.15, -0.1) is 0 Å². The fraction of sp³-hybridized carbons (Fsp3) is 0.400. The second-order valence-electron chi connectivity index (χ2n) is 4.51. The molecule has 120 valence electrons. The van der Waals surface area contributed by atoms with Crippen molar-refractivity contribution in [1.82, 2.24) is 5.32 Å². The minimum atomic E-state index is -1.13. The first-order valence-corrected chi connectivity index (χ1v) is 6.86. The van der Waals surface area contributed by atoms with Crippen LogP contribution in [0.15, 0.2) is 30.3 Å². The molecule has 0 heterocycles. The van der Waals surface area contributed by atoms with E-state index in [4.69, 9.17) is 14.6 Å². The summed E-state index contributed by atoms with van der Waals surface area (Å²) in [7, 11) is 0. The number of nitrogens with one attached hydrogen (secondary N) is 1. The summed E-state index contributed by atoms with van der Waals surface area (Å²) >= 11 is 0. The van der Waals surface area contributed by atoms with Crippen LogP contribution >= 0.6 is 0 Å². The van der Waals surface area contributed by atoms with Crippen molar-refractivity contribution in [3.05, 3.63) is 35.9 Å². The van der Waals surface area contributed by atoms with Crippen molar-refractivity contribution in [2.24, 2.45) is 0 Å². The maximum absolute atomic E-state index is 11.7. The molecule has 0 fully saturated rings. The average molecular weight is 309 g/mol. The van der Waals surface area contributed by atoms with E-state index in [1.165, 1.54) is 0 Å². The molecule has 0 aromatic heterocycles. The minimum absolute atomic E-state index is 0.0614. The molecule has 1 rings (SSSR count). The number of benzene rings is 1. The van der Waals surface area contributed by atoms with Crippen LogP contribution in [0.1, 0.15) is 25.3 Å². The first-order chi connectivity index (χ1) is 10.5. The van der Waals surface area contributed by atoms with Crippen LogP contribution in [0.2, 0.25) is 0 Å². The second-order valence-corrected chi connectivity index (χ2v) is 4.51. The fourth-order valence-electron chi connectivity index (χ4n) is 1.74. The van der Waals surface area contributed by atoms with Gasteiger partial charge in [-0.25, -0.2) is 4.79 Å². The third-order valence-electron chi connectivity index (χ3n) is 2.67. The van der Waals surface area contributed by atoms with Crippen molar-refractivity contribution < 1.29 is 29.0 Å². The summed E-state index contributed by atoms with van der Waals surface area (Å²) in [6.45, 7) is 1.90. The van der Waals surface area contributed by atoms with Crippen LogP contribution < -0.4 is 5.32 Å². The summed E-state index contributed by atoms with van der Waals surface area (Å²) in [6, 6.07) is 8.17. The molecule has 0 saturated heterocycles. The number of carboxylic acids is 1. The lowest BCUT2D eigenvalue weighted by Crippen LogP contribution is -2.38. The predicted octanol–water partition coefficient (Wildman–Crippen LogP) is 1.71. The normalized spacial score (nSPS) is 11.3. The Labute approximate surface area is 128 Å². The molecule has 0 bridgehead atoms. The quantitative estimate of drug-likeness (QED) is 0.709. The minimum Gasteiger partial charge on any atom is -0.481 e. The van der Waals surface area contributed by atoms with Gasteiger partial charge in [0.15, 0.2) is 0 Å². The number of carboxylic acid groups (broad SMARTS) is 1. The van der Waals surface area contributed by atoms with E-state index in [0.29, 0.717) is 0 Å². The van der Waals surface area contributed by atoms with E-state index < -0.39 is 24.1 Å². The van der Waals surface area contributed by atoms with Gasteiger partial charge in [-0.05, 0) is 12.5 Å². The van der Waals surface area contributed by atoms with Gasteiger partial charge < -0.3 is 19.9 Å². The van der Waals surface area contributed by atoms with E-state index in [0.717, 1.165) is 5.56 Å². The molecule has 0 aliphatic carbocycles. The summed E-state index contributed by atoms with van der Waals surface area (Å²) in [4.78, 5) is 33.8. The summed E-state index contributed by atoms with van der Waals surface area (Å²) in [5.41, 5.74) is 0.804. The van der Waals surface area contributed by atoms with E-state index in [2.05, 4.69) is 5.32 Å². The Morgan fingerprint density at radius 2 is 1.82 bits per heavy atom. The number of ether oxygens (including phenoxy) is 2. The third-order valence-corrected chi connectivity index (χ3v) is 2.67. The number of aliphatic carboxylic acids is 1. The molecule has 0 aliphatic rings. The number of rotatable bonds is 8. The Balaban J connectivity index is 2.47. The van der Waals surface area contributed by atoms with Crippen LogP contribution in [-0.2, 0) is 25.7 Å². The molecule has 1 aromatic rings. The Bertz CT molecular complexity index is 502. The van der Waals surface area contributed by atoms with Crippen molar-refractivity contribution in [2.45, 2.75) is 32.4 Å². The highest BCUT2D eigenvalue weighted by Crippen LogP contribution is 2.04. The molecule has 1 amide bonds. The van der Waals surface area contributed by atoms with E-state index in [1.54, 1.807) is 19.1 Å². The number of hydrogen-bond acceptors (Lipinski definition) is 5. The highest BCUT2D eigenvalue weighted by molar-refractivity contribution is 5.75. The number of carbonyl (C=O) groups is 3. The van der Waals surface area contributed by atoms with Crippen LogP contribution in [0.4, 0.5) is 4.79 Å². The average Bonchev–Trinajstić information content (AvgIpc) is 2.45. The molecule has 0 aliphatic heterocycles. The largest absolute Gasteiger partial charge is 0.481 e. The highest BCUT2D eigenvalue weighted by Gasteiger charge is 2.20. The zero-order valence-corrected chi connectivity index (χ0v) is 12.3. The van der Waals surface area contributed by atoms with Crippen molar-refractivity contribution in [1.29, 1.82) is 0 Å². The lowest BCUT2D eigenvalue weighted by molar-refractivity contribution is -0.144. The molecule has 2 N–H and O–H groups in total. The number of hydrogen-bond donors (Lipinski definition) is 2. The maximum atomic E-state index is 11.7. The molecule has 0 spiro atoms. The third kappa shape index (κ3) is 7.28. The van der Waals surface area contributed by atoms with Gasteiger partial charge in [-0.3, -0.25) is 9.59 Å². The van der Waals surface area contributed by atoms with E-state index >= 15 is 0 Å². The molecule has 7 nitrogen and oxygen atoms in total. The molecular formula is C15H19NO6. The van der Waals surface area contributed by atoms with Gasteiger partial charge in [-0.2, -0.15) is 0 Å². The van der Waals surface area contributed by atoms with Gasteiger partial charge in [0.1, 0.15) is 6.61 Å². The van der Waals surface area contributed by atoms with Gasteiger partial charge in [0.05, 0.1) is 25.5 Å². The Kier molecular flexibility index (Phi) is 7.45. The van der Waals surface area contributed by atoms with Gasteiger partial charge in [-0.1, -0.05) is 30.3 Å². The lowest BCUT2D eigenvalue weighted by Gasteiger charge is -2.16. The summed E-state index contributed by atoms with van der Waals surface area (Å²) in [6.07, 6.45) is -1.39. The Hall–Kier alpha value is -2.57. The summed E-state index contributed by atoms with van der Waals surface area (Å²) in [5, 5.41) is 11.2. The molecule has 7 heteroatoms. The van der Waals surface area contributed by atoms with Crippen LogP contribution in [0.3, 0.4) is 0 Å². The van der Waals surface area contributed by atoms with E-state index in [1.807, 2.05) is 18.2 Å². The van der Waals surface area contributed by atoms with Crippen LogP contribution in [-0.4, -0.2) is 35.8 Å². The maximum Gasteiger partial charge on any atom is 0.407 e. The van der Waals surface area contributed by atoms with Gasteiger partial charge >= 0.3 is 18.0 Å². The van der Waals surface area contributed by atoms with Gasteiger partial charge in [0.2, 0.25) is 0 Å². The lowest BCUT2D eigenvalue weighted by atomic mass is 10.1. The fourth-order valence-corrected chi connectivity index (χ4v) is 1.74. The SMILES string of the molecule is CCOC(=O)CC(CC(=O)O)NC(=O)OCc1ccccc1. The van der Waals surface area contributed by atoms with Gasteiger partial charge in [0.25, 0.3) is 0 Å². The predicted molar refractivity (Wildman–Crippen MR) is 77.1 cm³/mol. The first kappa shape index (κ1) is 17.5. The molecule has 22 heavy (non-hydrogen) atoms. The Morgan fingerprint density at radius 3 is 2.41 bits per heavy atom. The molecule has 1 aromatic carbocycles. The van der Waals surface area contributed by atoms with E-state index in [-0.39, 0.29) is 26.1 Å². The van der Waals surface area contributed by atoms with Crippen LogP contribution in [0, 0.1) is 0 Å². The topological polar surface area (TPSA) is 102 Å². The van der Waals surface area contributed by atoms with Crippen LogP contribution in [0.5, 0.6) is 0 Å². The zero-order chi connectivity index (χ0) is 16.4. The molecular weight excluding hydrogens is 290 g/mol. The molecule has 1 unspecified atom stereocenters. The number of esters is 1. The highest BCUT2D eigenvalue weighted by atomic mass is 16.5. The van der Waals surface area contributed by atoms with Crippen molar-refractivity contribution in [3.63, 3.8) is 0 Å². The molecule has 0 saturated carbocycles. The number of amides is 1. The zero-order valence-electron chi connectivity index (χ0n) is 12.3. The smallest absolute Gasteiger partial charge is 0.407 e. The molecule has 0 radical (unpaired) electrons. The Morgan fingerprint density at radius 1 is 1.14 bits per heavy atom. The summed E-state index contributed by atoms with van der Waals surface area (Å²) in [5.74, 6) is -1.70. The molecule has 1 atom stereocenters. The number of alkyl carbamates (subject to hydrolysis) is 1. The van der Waals surface area contributed by atoms with Gasteiger partial charge in [0, 0.05) is 0 Å². The standard InChI is InChI=1S/C15H19NO6/c1-2-21-14(19)9-12(8-13(17)18)16-15(20)22-10-11-6-4-3-5-7-11/h3-7,12H,2,8-10H2,1H3,(H,16,20)(H,17,18). The number of carbonyl (C=O) groups excluding carboxylic acids is 2.